The Bertz CT molecular complexity index is 729. The van der Waals surface area contributed by atoms with E-state index in [1.807, 2.05) is 0 Å². The molecule has 1 unspecified atom stereocenters. The summed E-state index contributed by atoms with van der Waals surface area (Å²) in [6.45, 7) is -0.0463. The topological polar surface area (TPSA) is 108 Å². The van der Waals surface area contributed by atoms with Gasteiger partial charge in [0.25, 0.3) is 11.8 Å². The Labute approximate surface area is 138 Å². The van der Waals surface area contributed by atoms with Crippen LogP contribution in [-0.4, -0.2) is 41.5 Å². The van der Waals surface area contributed by atoms with E-state index in [2.05, 4.69) is 15.6 Å². The molecule has 0 aliphatic rings. The molecule has 7 nitrogen and oxygen atoms in total. The van der Waals surface area contributed by atoms with Crippen molar-refractivity contribution in [3.05, 3.63) is 65.5 Å². The van der Waals surface area contributed by atoms with E-state index in [4.69, 9.17) is 0 Å². The zero-order chi connectivity index (χ0) is 17.5. The third kappa shape index (κ3) is 4.16. The van der Waals surface area contributed by atoms with Crippen LogP contribution in [0.15, 0.2) is 48.7 Å². The molecule has 3 N–H and O–H groups in total. The number of carboxylic acids is 1. The second-order valence-corrected chi connectivity index (χ2v) is 5.02. The summed E-state index contributed by atoms with van der Waals surface area (Å²) in [5.41, 5.74) is 1.06. The number of nitrogens with one attached hydrogen (secondary N) is 2. The zero-order valence-corrected chi connectivity index (χ0v) is 13.0. The van der Waals surface area contributed by atoms with Crippen LogP contribution in [-0.2, 0) is 4.79 Å². The van der Waals surface area contributed by atoms with Gasteiger partial charge < -0.3 is 15.7 Å². The molecule has 24 heavy (non-hydrogen) atoms. The van der Waals surface area contributed by atoms with Gasteiger partial charge in [-0.25, -0.2) is 0 Å². The number of benzene rings is 1. The number of aliphatic carboxylic acids is 1. The summed E-state index contributed by atoms with van der Waals surface area (Å²) < 4.78 is 0. The molecule has 0 fully saturated rings. The molecule has 1 aromatic carbocycles. The monoisotopic (exact) mass is 327 g/mol. The second kappa shape index (κ2) is 7.87. The lowest BCUT2D eigenvalue weighted by Gasteiger charge is -2.13. The van der Waals surface area contributed by atoms with Gasteiger partial charge in [0.2, 0.25) is 0 Å². The molecule has 0 bridgehead atoms. The molecule has 2 aromatic rings. The second-order valence-electron chi connectivity index (χ2n) is 5.02. The van der Waals surface area contributed by atoms with Crippen molar-refractivity contribution in [2.75, 3.05) is 13.6 Å². The summed E-state index contributed by atoms with van der Waals surface area (Å²) in [5.74, 6) is -2.66. The molecular formula is C17H17N3O4. The number of carbonyl (C=O) groups is 3. The molecular weight excluding hydrogens is 310 g/mol. The predicted molar refractivity (Wildman–Crippen MR) is 86.8 cm³/mol. The summed E-state index contributed by atoms with van der Waals surface area (Å²) in [5, 5.41) is 14.3. The number of nitrogens with zero attached hydrogens (tertiary/aromatic N) is 1. The number of carboxylic acid groups (broad SMARTS) is 1. The molecule has 1 aromatic heterocycles. The first-order valence-corrected chi connectivity index (χ1v) is 7.27. The molecule has 0 aliphatic carbocycles. The maximum Gasteiger partial charge on any atom is 0.312 e. The van der Waals surface area contributed by atoms with Crippen LogP contribution in [0.3, 0.4) is 0 Å². The number of pyridine rings is 1. The Balaban J connectivity index is 2.03. The van der Waals surface area contributed by atoms with Crippen LogP contribution in [0.4, 0.5) is 0 Å². The van der Waals surface area contributed by atoms with Gasteiger partial charge in [-0.3, -0.25) is 19.4 Å². The van der Waals surface area contributed by atoms with E-state index in [0.717, 1.165) is 0 Å². The lowest BCUT2D eigenvalue weighted by Crippen LogP contribution is -2.32. The normalized spacial score (nSPS) is 11.4. The van der Waals surface area contributed by atoms with Crippen molar-refractivity contribution < 1.29 is 19.5 Å². The van der Waals surface area contributed by atoms with Crippen LogP contribution in [0.1, 0.15) is 32.3 Å². The molecule has 2 amide bonds. The van der Waals surface area contributed by atoms with E-state index < -0.39 is 17.8 Å². The summed E-state index contributed by atoms with van der Waals surface area (Å²) in [6.07, 6.45) is 1.28. The van der Waals surface area contributed by atoms with Crippen molar-refractivity contribution in [2.24, 2.45) is 0 Å². The quantitative estimate of drug-likeness (QED) is 0.734. The summed E-state index contributed by atoms with van der Waals surface area (Å²) >= 11 is 0. The fraction of sp³-hybridized carbons (Fsp3) is 0.176. The Morgan fingerprint density at radius 2 is 1.79 bits per heavy atom. The molecule has 0 radical (unpaired) electrons. The van der Waals surface area contributed by atoms with Crippen molar-refractivity contribution in [1.29, 1.82) is 0 Å². The van der Waals surface area contributed by atoms with Crippen molar-refractivity contribution in [3.8, 4) is 0 Å². The standard InChI is InChI=1S/C17H17N3O4/c1-18-16(22)14-8-7-12(9-19-14)15(21)20-10-13(17(23)24)11-5-3-2-4-6-11/h2-9,13H,10H2,1H3,(H,18,22)(H,20,21)(H,23,24). The number of rotatable bonds is 6. The van der Waals surface area contributed by atoms with Crippen LogP contribution in [0.25, 0.3) is 0 Å². The van der Waals surface area contributed by atoms with Gasteiger partial charge >= 0.3 is 5.97 Å². The van der Waals surface area contributed by atoms with Crippen molar-refractivity contribution in [3.63, 3.8) is 0 Å². The third-order valence-electron chi connectivity index (χ3n) is 3.45. The summed E-state index contributed by atoms with van der Waals surface area (Å²) in [6, 6.07) is 11.6. The largest absolute Gasteiger partial charge is 0.481 e. The SMILES string of the molecule is CNC(=O)c1ccc(C(=O)NCC(C(=O)O)c2ccccc2)cn1. The molecule has 7 heteroatoms. The highest BCUT2D eigenvalue weighted by Gasteiger charge is 2.20. The maximum absolute atomic E-state index is 12.1. The number of carbonyl (C=O) groups excluding carboxylic acids is 2. The van der Waals surface area contributed by atoms with Gasteiger partial charge in [0, 0.05) is 19.8 Å². The average molecular weight is 327 g/mol. The molecule has 0 saturated heterocycles. The molecule has 0 spiro atoms. The zero-order valence-electron chi connectivity index (χ0n) is 13.0. The molecule has 2 rings (SSSR count). The van der Waals surface area contributed by atoms with Crippen LogP contribution >= 0.6 is 0 Å². The fourth-order valence-corrected chi connectivity index (χ4v) is 2.12. The van der Waals surface area contributed by atoms with Crippen molar-refractivity contribution >= 4 is 17.8 Å². The fourth-order valence-electron chi connectivity index (χ4n) is 2.12. The van der Waals surface area contributed by atoms with E-state index in [9.17, 15) is 19.5 Å². The number of amides is 2. The Morgan fingerprint density at radius 1 is 1.08 bits per heavy atom. The van der Waals surface area contributed by atoms with Crippen molar-refractivity contribution in [2.45, 2.75) is 5.92 Å². The van der Waals surface area contributed by atoms with Crippen LogP contribution in [0.2, 0.25) is 0 Å². The highest BCUT2D eigenvalue weighted by molar-refractivity contribution is 5.96. The van der Waals surface area contributed by atoms with Gasteiger partial charge in [0.1, 0.15) is 5.69 Å². The van der Waals surface area contributed by atoms with Gasteiger partial charge in [0.05, 0.1) is 11.5 Å². The number of hydrogen-bond acceptors (Lipinski definition) is 4. The number of aromatic nitrogens is 1. The van der Waals surface area contributed by atoms with Gasteiger partial charge in [-0.15, -0.1) is 0 Å². The summed E-state index contributed by atoms with van der Waals surface area (Å²) in [4.78, 5) is 38.8. The predicted octanol–water partition coefficient (Wildman–Crippen LogP) is 1.04. The third-order valence-corrected chi connectivity index (χ3v) is 3.45. The first kappa shape index (κ1) is 17.1. The average Bonchev–Trinajstić information content (AvgIpc) is 2.61. The Morgan fingerprint density at radius 3 is 2.33 bits per heavy atom. The van der Waals surface area contributed by atoms with Crippen LogP contribution < -0.4 is 10.6 Å². The molecule has 124 valence electrons. The Hall–Kier alpha value is -3.22. The van der Waals surface area contributed by atoms with E-state index >= 15 is 0 Å². The molecule has 1 heterocycles. The Kier molecular flexibility index (Phi) is 5.62. The smallest absolute Gasteiger partial charge is 0.312 e. The highest BCUT2D eigenvalue weighted by Crippen LogP contribution is 2.15. The van der Waals surface area contributed by atoms with E-state index in [1.165, 1.54) is 25.4 Å². The molecule has 0 aliphatic heterocycles. The van der Waals surface area contributed by atoms with E-state index in [1.54, 1.807) is 30.3 Å². The molecule has 1 atom stereocenters. The van der Waals surface area contributed by atoms with Gasteiger partial charge in [-0.1, -0.05) is 30.3 Å². The van der Waals surface area contributed by atoms with E-state index in [-0.39, 0.29) is 23.7 Å². The minimum Gasteiger partial charge on any atom is -0.481 e. The summed E-state index contributed by atoms with van der Waals surface area (Å²) in [7, 11) is 1.49. The molecule has 0 saturated carbocycles. The van der Waals surface area contributed by atoms with Gasteiger partial charge in [0.15, 0.2) is 0 Å². The lowest BCUT2D eigenvalue weighted by atomic mass is 9.99. The van der Waals surface area contributed by atoms with Gasteiger partial charge in [-0.2, -0.15) is 0 Å². The van der Waals surface area contributed by atoms with E-state index in [0.29, 0.717) is 5.56 Å². The van der Waals surface area contributed by atoms with Crippen LogP contribution in [0, 0.1) is 0 Å². The highest BCUT2D eigenvalue weighted by atomic mass is 16.4. The first-order valence-electron chi connectivity index (χ1n) is 7.27. The maximum atomic E-state index is 12.1. The van der Waals surface area contributed by atoms with Crippen molar-refractivity contribution in [1.82, 2.24) is 15.6 Å². The lowest BCUT2D eigenvalue weighted by molar-refractivity contribution is -0.138. The first-order chi connectivity index (χ1) is 11.5. The number of hydrogen-bond donors (Lipinski definition) is 3. The minimum absolute atomic E-state index is 0.0463. The van der Waals surface area contributed by atoms with Crippen LogP contribution in [0.5, 0.6) is 0 Å². The minimum atomic E-state index is -1.02. The van der Waals surface area contributed by atoms with Gasteiger partial charge in [-0.05, 0) is 17.7 Å².